The molecule has 2 fully saturated rings. The van der Waals surface area contributed by atoms with Crippen LogP contribution in [0.3, 0.4) is 0 Å². The van der Waals surface area contributed by atoms with Gasteiger partial charge in [-0.15, -0.1) is 0 Å². The van der Waals surface area contributed by atoms with Crippen LogP contribution in [-0.4, -0.2) is 41.6 Å². The first-order valence-corrected chi connectivity index (χ1v) is 8.82. The number of aromatic nitrogens is 1. The number of unbranched alkanes of at least 4 members (excludes halogenated alkanes) is 1. The van der Waals surface area contributed by atoms with Gasteiger partial charge in [-0.2, -0.15) is 5.26 Å². The Hall–Kier alpha value is -1.83. The van der Waals surface area contributed by atoms with E-state index in [2.05, 4.69) is 27.5 Å². The Balaban J connectivity index is 1.34. The number of benzene rings is 1. The number of hydrogen-bond donors (Lipinski definition) is 2. The second kappa shape index (κ2) is 6.35. The van der Waals surface area contributed by atoms with Crippen LogP contribution >= 0.6 is 0 Å². The van der Waals surface area contributed by atoms with Crippen LogP contribution in [-0.2, 0) is 6.42 Å². The molecule has 0 aliphatic carbocycles. The third-order valence-corrected chi connectivity index (χ3v) is 5.54. The molecule has 2 atom stereocenters. The van der Waals surface area contributed by atoms with E-state index in [0.717, 1.165) is 29.6 Å². The topological polar surface area (TPSA) is 54.9 Å². The van der Waals surface area contributed by atoms with Crippen molar-refractivity contribution in [2.45, 2.75) is 44.2 Å². The summed E-state index contributed by atoms with van der Waals surface area (Å²) < 4.78 is 0. The van der Waals surface area contributed by atoms with Crippen molar-refractivity contribution in [1.29, 1.82) is 5.26 Å². The van der Waals surface area contributed by atoms with Crippen LogP contribution in [0.25, 0.3) is 10.9 Å². The van der Waals surface area contributed by atoms with Crippen molar-refractivity contribution in [2.24, 2.45) is 0 Å². The maximum atomic E-state index is 9.07. The Labute approximate surface area is 137 Å². The Morgan fingerprint density at radius 3 is 2.78 bits per heavy atom. The molecule has 2 saturated heterocycles. The van der Waals surface area contributed by atoms with Gasteiger partial charge in [-0.05, 0) is 62.4 Å². The number of piperazine rings is 1. The molecule has 2 aliphatic rings. The molecule has 2 unspecified atom stereocenters. The van der Waals surface area contributed by atoms with Crippen molar-refractivity contribution in [1.82, 2.24) is 15.2 Å². The van der Waals surface area contributed by atoms with Crippen molar-refractivity contribution in [3.05, 3.63) is 35.5 Å². The summed E-state index contributed by atoms with van der Waals surface area (Å²) in [6, 6.07) is 9.69. The lowest BCUT2D eigenvalue weighted by molar-refractivity contribution is 0.151. The highest BCUT2D eigenvalue weighted by Gasteiger charge is 2.35. The molecule has 2 aliphatic heterocycles. The summed E-state index contributed by atoms with van der Waals surface area (Å²) in [5.41, 5.74) is 3.23. The van der Waals surface area contributed by atoms with Crippen LogP contribution in [0.2, 0.25) is 0 Å². The number of H-pyrrole nitrogens is 1. The first-order chi connectivity index (χ1) is 11.3. The van der Waals surface area contributed by atoms with Crippen molar-refractivity contribution in [3.63, 3.8) is 0 Å². The molecular formula is C19H24N4. The molecule has 2 bridgehead atoms. The van der Waals surface area contributed by atoms with E-state index in [-0.39, 0.29) is 0 Å². The number of fused-ring (bicyclic) bond motifs is 3. The van der Waals surface area contributed by atoms with Gasteiger partial charge < -0.3 is 10.3 Å². The van der Waals surface area contributed by atoms with E-state index < -0.39 is 0 Å². The van der Waals surface area contributed by atoms with Crippen molar-refractivity contribution in [2.75, 3.05) is 19.6 Å². The van der Waals surface area contributed by atoms with Gasteiger partial charge in [0.25, 0.3) is 0 Å². The average molecular weight is 308 g/mol. The Kier molecular flexibility index (Phi) is 4.07. The normalized spacial score (nSPS) is 24.1. The average Bonchev–Trinajstić information content (AvgIpc) is 3.07. The summed E-state index contributed by atoms with van der Waals surface area (Å²) in [6.45, 7) is 3.59. The lowest BCUT2D eigenvalue weighted by atomic mass is 10.0. The van der Waals surface area contributed by atoms with E-state index >= 15 is 0 Å². The summed E-state index contributed by atoms with van der Waals surface area (Å²) in [6.07, 6.45) is 8.43. The molecule has 1 aromatic carbocycles. The van der Waals surface area contributed by atoms with Crippen LogP contribution in [0.5, 0.6) is 0 Å². The van der Waals surface area contributed by atoms with E-state index in [1.54, 1.807) is 0 Å². The SMILES string of the molecule is N#Cc1ccc2[nH]cc(CCCCN3C4CCC3CNC4)c2c1. The highest BCUT2D eigenvalue weighted by molar-refractivity contribution is 5.84. The quantitative estimate of drug-likeness (QED) is 0.835. The van der Waals surface area contributed by atoms with Crippen molar-refractivity contribution >= 4 is 10.9 Å². The van der Waals surface area contributed by atoms with Gasteiger partial charge in [-0.25, -0.2) is 0 Å². The van der Waals surface area contributed by atoms with Crippen LogP contribution in [0.15, 0.2) is 24.4 Å². The van der Waals surface area contributed by atoms with Crippen LogP contribution in [0, 0.1) is 11.3 Å². The first-order valence-electron chi connectivity index (χ1n) is 8.82. The third-order valence-electron chi connectivity index (χ3n) is 5.54. The van der Waals surface area contributed by atoms with Gasteiger partial charge in [0.15, 0.2) is 0 Å². The second-order valence-electron chi connectivity index (χ2n) is 6.92. The number of nitrogens with one attached hydrogen (secondary N) is 2. The summed E-state index contributed by atoms with van der Waals surface area (Å²) in [7, 11) is 0. The highest BCUT2D eigenvalue weighted by atomic mass is 15.3. The molecule has 0 saturated carbocycles. The molecular weight excluding hydrogens is 284 g/mol. The molecule has 4 rings (SSSR count). The lowest BCUT2D eigenvalue weighted by Crippen LogP contribution is -2.51. The van der Waals surface area contributed by atoms with Gasteiger partial charge in [0.05, 0.1) is 11.6 Å². The molecule has 23 heavy (non-hydrogen) atoms. The lowest BCUT2D eigenvalue weighted by Gasteiger charge is -2.35. The van der Waals surface area contributed by atoms with Gasteiger partial charge in [0, 0.05) is 42.3 Å². The van der Waals surface area contributed by atoms with Crippen molar-refractivity contribution in [3.8, 4) is 6.07 Å². The molecule has 2 N–H and O–H groups in total. The van der Waals surface area contributed by atoms with Gasteiger partial charge in [-0.1, -0.05) is 0 Å². The van der Waals surface area contributed by atoms with Crippen LogP contribution in [0.1, 0.15) is 36.8 Å². The second-order valence-corrected chi connectivity index (χ2v) is 6.92. The Bertz CT molecular complexity index is 711. The number of aromatic amines is 1. The van der Waals surface area contributed by atoms with Crippen LogP contribution in [0.4, 0.5) is 0 Å². The molecule has 120 valence electrons. The smallest absolute Gasteiger partial charge is 0.0991 e. The maximum Gasteiger partial charge on any atom is 0.0991 e. The summed E-state index contributed by atoms with van der Waals surface area (Å²) in [5, 5.41) is 13.8. The predicted octanol–water partition coefficient (Wildman–Crippen LogP) is 2.80. The zero-order valence-electron chi connectivity index (χ0n) is 13.5. The Morgan fingerprint density at radius 1 is 1.17 bits per heavy atom. The molecule has 0 amide bonds. The van der Waals surface area contributed by atoms with E-state index in [4.69, 9.17) is 5.26 Å². The highest BCUT2D eigenvalue weighted by Crippen LogP contribution is 2.27. The van der Waals surface area contributed by atoms with Gasteiger partial charge in [-0.3, -0.25) is 4.90 Å². The van der Waals surface area contributed by atoms with E-state index in [9.17, 15) is 0 Å². The third kappa shape index (κ3) is 2.87. The molecule has 2 aromatic rings. The zero-order chi connectivity index (χ0) is 15.6. The summed E-state index contributed by atoms with van der Waals surface area (Å²) >= 11 is 0. The number of hydrogen-bond acceptors (Lipinski definition) is 3. The van der Waals surface area contributed by atoms with Gasteiger partial charge >= 0.3 is 0 Å². The summed E-state index contributed by atoms with van der Waals surface area (Å²) in [4.78, 5) is 6.06. The number of nitriles is 1. The molecule has 4 nitrogen and oxygen atoms in total. The van der Waals surface area contributed by atoms with E-state index in [1.165, 1.54) is 56.3 Å². The molecule has 0 spiro atoms. The van der Waals surface area contributed by atoms with Crippen LogP contribution < -0.4 is 5.32 Å². The minimum Gasteiger partial charge on any atom is -0.361 e. The minimum atomic E-state index is 0.746. The monoisotopic (exact) mass is 308 g/mol. The van der Waals surface area contributed by atoms with E-state index in [1.807, 2.05) is 18.2 Å². The number of nitrogens with zero attached hydrogens (tertiary/aromatic N) is 2. The maximum absolute atomic E-state index is 9.07. The van der Waals surface area contributed by atoms with Crippen molar-refractivity contribution < 1.29 is 0 Å². The predicted molar refractivity (Wildman–Crippen MR) is 92.3 cm³/mol. The fourth-order valence-corrected chi connectivity index (χ4v) is 4.30. The molecule has 4 heteroatoms. The molecule has 3 heterocycles. The van der Waals surface area contributed by atoms with Gasteiger partial charge in [0.1, 0.15) is 0 Å². The van der Waals surface area contributed by atoms with Gasteiger partial charge in [0.2, 0.25) is 0 Å². The fraction of sp³-hybridized carbons (Fsp3) is 0.526. The zero-order valence-corrected chi connectivity index (χ0v) is 13.5. The number of aryl methyl sites for hydroxylation is 1. The van der Waals surface area contributed by atoms with E-state index in [0.29, 0.717) is 0 Å². The minimum absolute atomic E-state index is 0.746. The fourth-order valence-electron chi connectivity index (χ4n) is 4.30. The number of rotatable bonds is 5. The molecule has 0 radical (unpaired) electrons. The first kappa shape index (κ1) is 14.7. The molecule has 1 aromatic heterocycles. The summed E-state index contributed by atoms with van der Waals surface area (Å²) in [5.74, 6) is 0. The largest absolute Gasteiger partial charge is 0.361 e. The standard InChI is InChI=1S/C19H24N4/c20-10-14-4-7-19-18(9-14)15(11-22-19)3-1-2-8-23-16-5-6-17(23)13-21-12-16/h4,7,9,11,16-17,21-22H,1-3,5-6,8,12-13H2. The Morgan fingerprint density at radius 2 is 2.00 bits per heavy atom.